The molecule has 0 aromatic heterocycles. The van der Waals surface area contributed by atoms with E-state index in [0.717, 1.165) is 12.3 Å². The Morgan fingerprint density at radius 2 is 2.05 bits per heavy atom. The molecular weight excluding hydrogens is 260 g/mol. The normalized spacial score (nSPS) is 14.4. The molecule has 6 heteroatoms. The number of anilines is 1. The Morgan fingerprint density at radius 3 is 2.65 bits per heavy atom. The molecule has 1 fully saturated rings. The van der Waals surface area contributed by atoms with Gasteiger partial charge in [0.25, 0.3) is 0 Å². The van der Waals surface area contributed by atoms with Gasteiger partial charge in [-0.1, -0.05) is 19.3 Å². The molecule has 6 nitrogen and oxygen atoms in total. The molecule has 0 spiro atoms. The minimum Gasteiger partial charge on any atom is -0.507 e. The molecule has 2 rings (SSSR count). The molecule has 0 saturated heterocycles. The summed E-state index contributed by atoms with van der Waals surface area (Å²) in [6, 6.07) is 3.55. The highest BCUT2D eigenvalue weighted by Gasteiger charge is 2.17. The monoisotopic (exact) mass is 278 g/mol. The Hall–Kier alpha value is -2.24. The van der Waals surface area contributed by atoms with Gasteiger partial charge in [0.15, 0.2) is 0 Å². The van der Waals surface area contributed by atoms with E-state index in [1.54, 1.807) is 0 Å². The number of rotatable bonds is 5. The van der Waals surface area contributed by atoms with E-state index in [1.807, 2.05) is 0 Å². The van der Waals surface area contributed by atoms with E-state index in [1.165, 1.54) is 37.5 Å². The van der Waals surface area contributed by atoms with Crippen LogP contribution >= 0.6 is 0 Å². The van der Waals surface area contributed by atoms with E-state index in [-0.39, 0.29) is 17.3 Å². The lowest BCUT2D eigenvalue weighted by Crippen LogP contribution is -2.31. The number of carbonyl (C=O) groups excluding carboxylic acids is 1. The first-order valence-electron chi connectivity index (χ1n) is 6.67. The topological polar surface area (TPSA) is 98.7 Å². The minimum atomic E-state index is -1.24. The lowest BCUT2D eigenvalue weighted by atomic mass is 9.83. The maximum absolute atomic E-state index is 11.6. The van der Waals surface area contributed by atoms with Gasteiger partial charge in [-0.15, -0.1) is 0 Å². The zero-order chi connectivity index (χ0) is 14.5. The van der Waals surface area contributed by atoms with Gasteiger partial charge < -0.3 is 20.8 Å². The number of urea groups is 1. The molecule has 0 aliphatic heterocycles. The van der Waals surface area contributed by atoms with E-state index in [4.69, 9.17) is 5.11 Å². The van der Waals surface area contributed by atoms with Crippen LogP contribution in [-0.4, -0.2) is 28.8 Å². The number of amides is 2. The Balaban J connectivity index is 1.83. The molecule has 1 aliphatic rings. The summed E-state index contributed by atoms with van der Waals surface area (Å²) >= 11 is 0. The summed E-state index contributed by atoms with van der Waals surface area (Å²) in [5.41, 5.74) is 0.0959. The first kappa shape index (κ1) is 14.2. The van der Waals surface area contributed by atoms with Gasteiger partial charge in [-0.05, 0) is 30.5 Å². The van der Waals surface area contributed by atoms with Crippen LogP contribution in [0.1, 0.15) is 36.0 Å². The second-order valence-corrected chi connectivity index (χ2v) is 5.00. The number of benzene rings is 1. The maximum atomic E-state index is 11.6. The third kappa shape index (κ3) is 3.63. The van der Waals surface area contributed by atoms with Crippen molar-refractivity contribution in [2.75, 3.05) is 11.9 Å². The summed E-state index contributed by atoms with van der Waals surface area (Å²) in [4.78, 5) is 22.5. The molecule has 0 radical (unpaired) electrons. The zero-order valence-electron chi connectivity index (χ0n) is 11.1. The Bertz CT molecular complexity index is 512. The largest absolute Gasteiger partial charge is 0.507 e. The van der Waals surface area contributed by atoms with Crippen LogP contribution in [0.2, 0.25) is 0 Å². The lowest BCUT2D eigenvalue weighted by Gasteiger charge is -2.25. The predicted octanol–water partition coefficient (Wildman–Crippen LogP) is 2.40. The van der Waals surface area contributed by atoms with Crippen molar-refractivity contribution >= 4 is 17.7 Å². The summed E-state index contributed by atoms with van der Waals surface area (Å²) in [5, 5.41) is 23.5. The summed E-state index contributed by atoms with van der Waals surface area (Å²) in [6.45, 7) is 0.611. The average Bonchev–Trinajstić information content (AvgIpc) is 2.34. The van der Waals surface area contributed by atoms with Crippen molar-refractivity contribution in [3.05, 3.63) is 23.8 Å². The van der Waals surface area contributed by atoms with Gasteiger partial charge in [-0.2, -0.15) is 0 Å². The van der Waals surface area contributed by atoms with E-state index in [2.05, 4.69) is 10.6 Å². The van der Waals surface area contributed by atoms with Crippen LogP contribution in [0, 0.1) is 5.92 Å². The molecule has 0 heterocycles. The predicted molar refractivity (Wildman–Crippen MR) is 74.0 cm³/mol. The lowest BCUT2D eigenvalue weighted by molar-refractivity contribution is 0.0693. The third-order valence-electron chi connectivity index (χ3n) is 3.55. The number of hydrogen-bond acceptors (Lipinski definition) is 3. The van der Waals surface area contributed by atoms with Gasteiger partial charge in [0.1, 0.15) is 11.3 Å². The SMILES string of the molecule is O=C(NCCC1CCC1)Nc1ccc(O)c(C(=O)O)c1. The second kappa shape index (κ2) is 6.27. The smallest absolute Gasteiger partial charge is 0.339 e. The fourth-order valence-electron chi connectivity index (χ4n) is 2.13. The number of carboxylic acid groups (broad SMARTS) is 1. The summed E-state index contributed by atoms with van der Waals surface area (Å²) < 4.78 is 0. The van der Waals surface area contributed by atoms with E-state index in [9.17, 15) is 14.7 Å². The van der Waals surface area contributed by atoms with E-state index < -0.39 is 5.97 Å². The fourth-order valence-corrected chi connectivity index (χ4v) is 2.13. The first-order chi connectivity index (χ1) is 9.56. The van der Waals surface area contributed by atoms with Crippen LogP contribution in [0.25, 0.3) is 0 Å². The Kier molecular flexibility index (Phi) is 4.45. The molecular formula is C14H18N2O4. The fraction of sp³-hybridized carbons (Fsp3) is 0.429. The maximum Gasteiger partial charge on any atom is 0.339 e. The zero-order valence-corrected chi connectivity index (χ0v) is 11.1. The molecule has 0 atom stereocenters. The summed E-state index contributed by atoms with van der Waals surface area (Å²) in [7, 11) is 0. The first-order valence-corrected chi connectivity index (χ1v) is 6.67. The second-order valence-electron chi connectivity index (χ2n) is 5.00. The average molecular weight is 278 g/mol. The summed E-state index contributed by atoms with van der Waals surface area (Å²) in [6.07, 6.45) is 4.73. The van der Waals surface area contributed by atoms with Crippen LogP contribution in [-0.2, 0) is 0 Å². The number of carbonyl (C=O) groups is 2. The summed E-state index contributed by atoms with van der Waals surface area (Å²) in [5.74, 6) is -0.840. The highest BCUT2D eigenvalue weighted by molar-refractivity contribution is 5.95. The molecule has 108 valence electrons. The van der Waals surface area contributed by atoms with E-state index >= 15 is 0 Å². The Morgan fingerprint density at radius 1 is 1.30 bits per heavy atom. The van der Waals surface area contributed by atoms with Crippen molar-refractivity contribution in [1.29, 1.82) is 0 Å². The minimum absolute atomic E-state index is 0.239. The van der Waals surface area contributed by atoms with Crippen LogP contribution in [0.15, 0.2) is 18.2 Å². The third-order valence-corrected chi connectivity index (χ3v) is 3.55. The molecule has 0 bridgehead atoms. The standard InChI is InChI=1S/C14H18N2O4/c17-12-5-4-10(8-11(12)13(18)19)16-14(20)15-7-6-9-2-1-3-9/h4-5,8-9,17H,1-3,6-7H2,(H,18,19)(H2,15,16,20). The van der Waals surface area contributed by atoms with Crippen molar-refractivity contribution < 1.29 is 19.8 Å². The van der Waals surface area contributed by atoms with Crippen molar-refractivity contribution in [2.45, 2.75) is 25.7 Å². The van der Waals surface area contributed by atoms with Crippen molar-refractivity contribution in [2.24, 2.45) is 5.92 Å². The number of aromatic hydroxyl groups is 1. The number of hydrogen-bond donors (Lipinski definition) is 4. The highest BCUT2D eigenvalue weighted by Crippen LogP contribution is 2.28. The molecule has 1 aliphatic carbocycles. The van der Waals surface area contributed by atoms with Gasteiger partial charge in [0, 0.05) is 12.2 Å². The quantitative estimate of drug-likeness (QED) is 0.621. The van der Waals surface area contributed by atoms with Crippen LogP contribution in [0.3, 0.4) is 0 Å². The van der Waals surface area contributed by atoms with Gasteiger partial charge >= 0.3 is 12.0 Å². The number of aromatic carboxylic acids is 1. The molecule has 0 unspecified atom stereocenters. The van der Waals surface area contributed by atoms with E-state index in [0.29, 0.717) is 12.2 Å². The van der Waals surface area contributed by atoms with Gasteiger partial charge in [0.2, 0.25) is 0 Å². The number of nitrogens with one attached hydrogen (secondary N) is 2. The molecule has 4 N–H and O–H groups in total. The van der Waals surface area contributed by atoms with Crippen LogP contribution in [0.4, 0.5) is 10.5 Å². The molecule has 1 aromatic rings. The highest BCUT2D eigenvalue weighted by atomic mass is 16.4. The van der Waals surface area contributed by atoms with Crippen molar-refractivity contribution in [3.8, 4) is 5.75 Å². The number of carboxylic acids is 1. The molecule has 20 heavy (non-hydrogen) atoms. The Labute approximate surface area is 116 Å². The van der Waals surface area contributed by atoms with Gasteiger partial charge in [-0.25, -0.2) is 9.59 Å². The van der Waals surface area contributed by atoms with Crippen molar-refractivity contribution in [3.63, 3.8) is 0 Å². The molecule has 1 aromatic carbocycles. The van der Waals surface area contributed by atoms with Crippen molar-refractivity contribution in [1.82, 2.24) is 5.32 Å². The van der Waals surface area contributed by atoms with Crippen LogP contribution < -0.4 is 10.6 Å². The molecule has 2 amide bonds. The van der Waals surface area contributed by atoms with Crippen LogP contribution in [0.5, 0.6) is 5.75 Å². The van der Waals surface area contributed by atoms with Gasteiger partial charge in [-0.3, -0.25) is 0 Å². The van der Waals surface area contributed by atoms with Gasteiger partial charge in [0.05, 0.1) is 0 Å². The number of phenols is 1. The molecule has 1 saturated carbocycles.